The molecule has 6 nitrogen and oxygen atoms in total. The molecule has 2 aliphatic heterocycles. The van der Waals surface area contributed by atoms with Gasteiger partial charge in [0.2, 0.25) is 0 Å². The number of benzene rings is 1. The number of carbonyl (C=O) groups is 1. The highest BCUT2D eigenvalue weighted by molar-refractivity contribution is 5.90. The quantitative estimate of drug-likeness (QED) is 0.834. The van der Waals surface area contributed by atoms with Gasteiger partial charge in [-0.2, -0.15) is 5.10 Å². The number of nitrogens with one attached hydrogen (secondary N) is 1. The van der Waals surface area contributed by atoms with Crippen LogP contribution >= 0.6 is 0 Å². The molecule has 1 atom stereocenters. The van der Waals surface area contributed by atoms with E-state index in [0.29, 0.717) is 12.0 Å². The Bertz CT molecular complexity index is 885. The Morgan fingerprint density at radius 2 is 1.93 bits per heavy atom. The lowest BCUT2D eigenvalue weighted by Gasteiger charge is -2.28. The highest BCUT2D eigenvalue weighted by Gasteiger charge is 2.34. The molecule has 1 saturated heterocycles. The monoisotopic (exact) mass is 393 g/mol. The molecule has 2 aromatic rings. The average Bonchev–Trinajstić information content (AvgIpc) is 3.20. The van der Waals surface area contributed by atoms with Gasteiger partial charge >= 0.3 is 6.03 Å². The van der Waals surface area contributed by atoms with E-state index in [1.54, 1.807) is 0 Å². The zero-order chi connectivity index (χ0) is 19.8. The number of hydrogen-bond donors (Lipinski definition) is 1. The van der Waals surface area contributed by atoms with Crippen LogP contribution in [0.5, 0.6) is 0 Å². The van der Waals surface area contributed by atoms with E-state index in [1.165, 1.54) is 43.4 Å². The molecule has 3 heterocycles. The van der Waals surface area contributed by atoms with Crippen LogP contribution in [-0.2, 0) is 13.5 Å². The molecule has 0 spiro atoms. The average molecular weight is 394 g/mol. The second kappa shape index (κ2) is 7.73. The fourth-order valence-electron chi connectivity index (χ4n) is 5.43. The third-order valence-corrected chi connectivity index (χ3v) is 6.83. The second-order valence-corrected chi connectivity index (χ2v) is 8.85. The van der Waals surface area contributed by atoms with Crippen LogP contribution in [0.1, 0.15) is 55.7 Å². The normalized spacial score (nSPS) is 22.2. The van der Waals surface area contributed by atoms with Crippen molar-refractivity contribution in [2.45, 2.75) is 56.9 Å². The number of urea groups is 1. The molecular formula is C23H31N5O. The Morgan fingerprint density at radius 3 is 2.79 bits per heavy atom. The lowest BCUT2D eigenvalue weighted by atomic mass is 9.86. The highest BCUT2D eigenvalue weighted by Crippen LogP contribution is 2.36. The predicted molar refractivity (Wildman–Crippen MR) is 116 cm³/mol. The van der Waals surface area contributed by atoms with Gasteiger partial charge in [0, 0.05) is 44.5 Å². The van der Waals surface area contributed by atoms with Gasteiger partial charge in [-0.1, -0.05) is 37.5 Å². The summed E-state index contributed by atoms with van der Waals surface area (Å²) in [6.45, 7) is 2.60. The van der Waals surface area contributed by atoms with Crippen LogP contribution in [0.15, 0.2) is 30.5 Å². The zero-order valence-corrected chi connectivity index (χ0v) is 17.3. The van der Waals surface area contributed by atoms with Gasteiger partial charge in [-0.3, -0.25) is 4.68 Å². The van der Waals surface area contributed by atoms with E-state index in [0.717, 1.165) is 43.9 Å². The Hall–Kier alpha value is -2.50. The van der Waals surface area contributed by atoms with Crippen molar-refractivity contribution in [1.29, 1.82) is 0 Å². The molecule has 5 rings (SSSR count). The molecule has 2 fully saturated rings. The Balaban J connectivity index is 1.30. The molecule has 1 saturated carbocycles. The first-order valence-electron chi connectivity index (χ1n) is 11.1. The Kier molecular flexibility index (Phi) is 4.94. The van der Waals surface area contributed by atoms with Crippen LogP contribution < -0.4 is 10.2 Å². The van der Waals surface area contributed by atoms with Crippen molar-refractivity contribution in [1.82, 2.24) is 14.7 Å². The van der Waals surface area contributed by atoms with Crippen LogP contribution in [-0.4, -0.2) is 46.4 Å². The number of nitrogens with zero attached hydrogens (tertiary/aromatic N) is 4. The first-order chi connectivity index (χ1) is 14.2. The maximum atomic E-state index is 13.2. The van der Waals surface area contributed by atoms with Crippen molar-refractivity contribution in [3.05, 3.63) is 41.7 Å². The fraction of sp³-hybridized carbons (Fsp3) is 0.565. The van der Waals surface area contributed by atoms with E-state index >= 15 is 0 Å². The smallest absolute Gasteiger partial charge is 0.322 e. The lowest BCUT2D eigenvalue weighted by molar-refractivity contribution is 0.211. The fourth-order valence-corrected chi connectivity index (χ4v) is 5.43. The number of carbonyl (C=O) groups excluding carboxylic acids is 1. The standard InChI is InChI=1S/C23H31N5O/c1-26-16-20(22(25-26)17-8-3-2-4-9-17)24-23(29)27-12-7-13-28-19(15-27)14-18-10-5-6-11-21(18)28/h5-6,10-11,16-17,19H,2-4,7-9,12-15H2,1H3,(H,24,29). The molecule has 154 valence electrons. The molecule has 0 radical (unpaired) electrons. The van der Waals surface area contributed by atoms with Crippen molar-refractivity contribution in [3.8, 4) is 0 Å². The molecule has 1 aromatic heterocycles. The largest absolute Gasteiger partial charge is 0.366 e. The number of anilines is 2. The van der Waals surface area contributed by atoms with Gasteiger partial charge in [-0.05, 0) is 37.3 Å². The summed E-state index contributed by atoms with van der Waals surface area (Å²) in [5.41, 5.74) is 4.74. The van der Waals surface area contributed by atoms with E-state index in [9.17, 15) is 4.79 Å². The van der Waals surface area contributed by atoms with Gasteiger partial charge in [0.25, 0.3) is 0 Å². The van der Waals surface area contributed by atoms with Crippen molar-refractivity contribution >= 4 is 17.4 Å². The van der Waals surface area contributed by atoms with E-state index in [2.05, 4.69) is 34.5 Å². The third-order valence-electron chi connectivity index (χ3n) is 6.83. The Labute approximate surface area is 172 Å². The molecule has 3 aliphatic rings. The topological polar surface area (TPSA) is 53.4 Å². The van der Waals surface area contributed by atoms with Crippen LogP contribution in [0.3, 0.4) is 0 Å². The minimum absolute atomic E-state index is 0.0212. The molecule has 1 aromatic carbocycles. The minimum Gasteiger partial charge on any atom is -0.366 e. The number of aromatic nitrogens is 2. The number of aryl methyl sites for hydroxylation is 1. The van der Waals surface area contributed by atoms with Crippen molar-refractivity contribution < 1.29 is 4.79 Å². The summed E-state index contributed by atoms with van der Waals surface area (Å²) in [6, 6.07) is 9.08. The van der Waals surface area contributed by atoms with Gasteiger partial charge in [-0.15, -0.1) is 0 Å². The summed E-state index contributed by atoms with van der Waals surface area (Å²) < 4.78 is 1.84. The summed E-state index contributed by atoms with van der Waals surface area (Å²) >= 11 is 0. The van der Waals surface area contributed by atoms with Gasteiger partial charge in [0.05, 0.1) is 17.4 Å². The first kappa shape index (κ1) is 18.5. The lowest BCUT2D eigenvalue weighted by Crippen LogP contribution is -2.43. The maximum absolute atomic E-state index is 13.2. The van der Waals surface area contributed by atoms with E-state index < -0.39 is 0 Å². The number of fused-ring (bicyclic) bond motifs is 3. The van der Waals surface area contributed by atoms with Crippen molar-refractivity contribution in [3.63, 3.8) is 0 Å². The van der Waals surface area contributed by atoms with Crippen molar-refractivity contribution in [2.24, 2.45) is 7.05 Å². The van der Waals surface area contributed by atoms with E-state index in [1.807, 2.05) is 22.8 Å². The summed E-state index contributed by atoms with van der Waals surface area (Å²) in [5, 5.41) is 7.92. The van der Waals surface area contributed by atoms with E-state index in [-0.39, 0.29) is 6.03 Å². The Morgan fingerprint density at radius 1 is 1.10 bits per heavy atom. The number of rotatable bonds is 2. The van der Waals surface area contributed by atoms with Crippen LogP contribution in [0.4, 0.5) is 16.2 Å². The molecule has 1 unspecified atom stereocenters. The molecular weight excluding hydrogens is 362 g/mol. The second-order valence-electron chi connectivity index (χ2n) is 8.85. The van der Waals surface area contributed by atoms with Crippen LogP contribution in [0, 0.1) is 0 Å². The molecule has 0 bridgehead atoms. The SMILES string of the molecule is Cn1cc(NC(=O)N2CCCN3c4ccccc4CC3C2)c(C2CCCCC2)n1. The minimum atomic E-state index is 0.0212. The van der Waals surface area contributed by atoms with Crippen molar-refractivity contribution in [2.75, 3.05) is 29.9 Å². The van der Waals surface area contributed by atoms with Gasteiger partial charge in [-0.25, -0.2) is 4.79 Å². The van der Waals surface area contributed by atoms with Gasteiger partial charge < -0.3 is 15.1 Å². The molecule has 2 amide bonds. The maximum Gasteiger partial charge on any atom is 0.322 e. The number of amides is 2. The summed E-state index contributed by atoms with van der Waals surface area (Å²) in [5.74, 6) is 0.476. The van der Waals surface area contributed by atoms with Crippen LogP contribution in [0.25, 0.3) is 0 Å². The number of hydrogen-bond acceptors (Lipinski definition) is 3. The third kappa shape index (κ3) is 3.61. The summed E-state index contributed by atoms with van der Waals surface area (Å²) in [6.07, 6.45) is 10.2. The summed E-state index contributed by atoms with van der Waals surface area (Å²) in [4.78, 5) is 17.7. The van der Waals surface area contributed by atoms with E-state index in [4.69, 9.17) is 5.10 Å². The predicted octanol–water partition coefficient (Wildman–Crippen LogP) is 4.14. The molecule has 1 aliphatic carbocycles. The van der Waals surface area contributed by atoms with Gasteiger partial charge in [0.15, 0.2) is 0 Å². The van der Waals surface area contributed by atoms with Gasteiger partial charge in [0.1, 0.15) is 0 Å². The number of para-hydroxylation sites is 1. The molecule has 6 heteroatoms. The zero-order valence-electron chi connectivity index (χ0n) is 17.3. The summed E-state index contributed by atoms with van der Waals surface area (Å²) in [7, 11) is 1.95. The highest BCUT2D eigenvalue weighted by atomic mass is 16.2. The first-order valence-corrected chi connectivity index (χ1v) is 11.1. The molecule has 29 heavy (non-hydrogen) atoms. The van der Waals surface area contributed by atoms with Crippen LogP contribution in [0.2, 0.25) is 0 Å². The molecule has 1 N–H and O–H groups in total.